The van der Waals surface area contributed by atoms with Gasteiger partial charge in [0.2, 0.25) is 17.7 Å². The van der Waals surface area contributed by atoms with Crippen molar-refractivity contribution in [3.63, 3.8) is 0 Å². The second-order valence-corrected chi connectivity index (χ2v) is 21.8. The van der Waals surface area contributed by atoms with Crippen LogP contribution in [0.4, 0.5) is 0 Å². The fraction of sp³-hybridized carbons (Fsp3) is 0.526. The number of amides is 6. The molecule has 3 aliphatic heterocycles. The predicted octanol–water partition coefficient (Wildman–Crippen LogP) is -5.28. The molecule has 6 amide bonds. The van der Waals surface area contributed by atoms with Gasteiger partial charge in [-0.05, 0) is 39.0 Å². The number of nitrogens with zero attached hydrogens (tertiary/aromatic N) is 3. The molecular formula is C57H72N12O24. The first-order valence-electron chi connectivity index (χ1n) is 29.5. The van der Waals surface area contributed by atoms with Gasteiger partial charge in [-0.25, -0.2) is 14.4 Å². The Bertz CT molecular complexity index is 3420. The van der Waals surface area contributed by atoms with Crippen LogP contribution in [0.25, 0.3) is 0 Å². The maximum absolute atomic E-state index is 13.5. The quantitative estimate of drug-likeness (QED) is 0.0132. The largest absolute Gasteiger partial charge is 0.459 e. The van der Waals surface area contributed by atoms with Crippen LogP contribution >= 0.6 is 0 Å². The van der Waals surface area contributed by atoms with E-state index in [1.807, 2.05) is 0 Å². The van der Waals surface area contributed by atoms with Crippen molar-refractivity contribution < 1.29 is 86.9 Å². The maximum atomic E-state index is 13.5. The fourth-order valence-electron chi connectivity index (χ4n) is 9.93. The van der Waals surface area contributed by atoms with E-state index in [2.05, 4.69) is 46.9 Å². The third kappa shape index (κ3) is 19.6. The second kappa shape index (κ2) is 33.0. The number of hydrogen-bond acceptors (Lipinski definition) is 24. The first-order chi connectivity index (χ1) is 44.3. The van der Waals surface area contributed by atoms with E-state index >= 15 is 0 Å². The van der Waals surface area contributed by atoms with Gasteiger partial charge in [0.05, 0.1) is 39.1 Å². The van der Waals surface area contributed by atoms with Crippen LogP contribution in [-0.2, 0) is 57.2 Å². The van der Waals surface area contributed by atoms with E-state index in [4.69, 9.17) is 28.4 Å². The fourth-order valence-corrected chi connectivity index (χ4v) is 9.93. The molecule has 7 rings (SSSR count). The molecule has 0 radical (unpaired) electrons. The molecule has 3 fully saturated rings. The van der Waals surface area contributed by atoms with Gasteiger partial charge >= 0.3 is 35.0 Å². The van der Waals surface area contributed by atoms with Crippen LogP contribution < -0.4 is 65.6 Å². The number of carbonyl (C=O) groups is 9. The van der Waals surface area contributed by atoms with E-state index in [9.17, 15) is 87.2 Å². The number of rotatable bonds is 30. The summed E-state index contributed by atoms with van der Waals surface area (Å²) in [6.07, 6.45) is -7.53. The molecule has 3 aliphatic rings. The number of aliphatic hydroxyl groups is 3. The lowest BCUT2D eigenvalue weighted by Crippen LogP contribution is -2.37. The lowest BCUT2D eigenvalue weighted by Gasteiger charge is -2.16. The van der Waals surface area contributed by atoms with E-state index in [1.165, 1.54) is 39.4 Å². The maximum Gasteiger partial charge on any atom is 0.330 e. The van der Waals surface area contributed by atoms with Crippen LogP contribution in [0.2, 0.25) is 0 Å². The molecule has 0 spiro atoms. The van der Waals surface area contributed by atoms with Crippen molar-refractivity contribution in [2.75, 3.05) is 59.1 Å². The molecule has 12 N–H and O–H groups in total. The number of aryl methyl sites for hydroxylation is 3. The molecule has 3 aromatic heterocycles. The lowest BCUT2D eigenvalue weighted by atomic mass is 10.0. The summed E-state index contributed by atoms with van der Waals surface area (Å²) in [4.78, 5) is 196. The Kier molecular flexibility index (Phi) is 25.1. The molecular weight excluding hydrogens is 1240 g/mol. The summed E-state index contributed by atoms with van der Waals surface area (Å²) in [5.41, 5.74) is -4.03. The molecule has 9 atom stereocenters. The Morgan fingerprint density at radius 3 is 0.914 bits per heavy atom. The van der Waals surface area contributed by atoms with Crippen molar-refractivity contribution in [1.29, 1.82) is 0 Å². The smallest absolute Gasteiger partial charge is 0.330 e. The summed E-state index contributed by atoms with van der Waals surface area (Å²) in [5.74, 6) is -6.72. The Morgan fingerprint density at radius 1 is 0.419 bits per heavy atom. The standard InChI is InChI=1S/C57H72N12O24/c1-28-22-67(55(85)64-49(28)79)43-19-34(37(25-70)88-43)91-46(76)7-4-40(73)58-10-13-61-52(82)31-16-32(53(83)62-14-11-59-41(74)5-8-47(77)92-35-20-44(89-38(35)26-71)68-23-29(2)50(80)65-56(68)86)18-33(17-31)54(84)63-15-12-60-42(75)6-9-48(78)93-36-21-45(90-39(36)27-72)69-24-30(3)51(81)66-57(69)87/h16-18,22-24,34-39,43-45,70-72H,4-15,19-21,25-27H2,1-3H3,(H,58,73)(H,59,74)(H,60,75)(H,61,82)(H,62,83)(H,63,84)(H,64,79,85)(H,65,80,86)(H,66,81,87)/t34-,35-,36-,37+,38+,39+,43+,44+,45+/m0/s1. The first kappa shape index (κ1) is 70.7. The number of carbonyl (C=O) groups excluding carboxylic acids is 9. The summed E-state index contributed by atoms with van der Waals surface area (Å²) in [7, 11) is 0. The monoisotopic (exact) mass is 1310 g/mol. The van der Waals surface area contributed by atoms with Crippen LogP contribution in [0.5, 0.6) is 0 Å². The molecule has 0 unspecified atom stereocenters. The number of esters is 3. The summed E-state index contributed by atoms with van der Waals surface area (Å²) >= 11 is 0. The topological polar surface area (TPSA) is 506 Å². The van der Waals surface area contributed by atoms with Crippen molar-refractivity contribution >= 4 is 53.4 Å². The zero-order valence-electron chi connectivity index (χ0n) is 50.6. The zero-order chi connectivity index (χ0) is 67.6. The molecule has 6 heterocycles. The Hall–Kier alpha value is -9.75. The minimum Gasteiger partial charge on any atom is -0.459 e. The van der Waals surface area contributed by atoms with E-state index < -0.39 is 181 Å². The number of aromatic nitrogens is 6. The Labute approximate surface area is 525 Å². The highest BCUT2D eigenvalue weighted by atomic mass is 16.6. The predicted molar refractivity (Wildman–Crippen MR) is 315 cm³/mol. The molecule has 4 aromatic rings. The van der Waals surface area contributed by atoms with Crippen molar-refractivity contribution in [2.24, 2.45) is 0 Å². The first-order valence-corrected chi connectivity index (χ1v) is 29.5. The number of aliphatic hydroxyl groups excluding tert-OH is 3. The van der Waals surface area contributed by atoms with Gasteiger partial charge in [-0.3, -0.25) is 86.2 Å². The molecule has 3 saturated heterocycles. The second-order valence-electron chi connectivity index (χ2n) is 21.8. The minimum absolute atomic E-state index is 0.0458. The van der Waals surface area contributed by atoms with E-state index in [0.717, 1.165) is 31.9 Å². The van der Waals surface area contributed by atoms with Crippen LogP contribution in [0.15, 0.2) is 65.6 Å². The van der Waals surface area contributed by atoms with Crippen LogP contribution in [0.1, 0.15) is 124 Å². The Balaban J connectivity index is 0.874. The van der Waals surface area contributed by atoms with Gasteiger partial charge in [0.25, 0.3) is 34.4 Å². The van der Waals surface area contributed by atoms with E-state index in [0.29, 0.717) is 0 Å². The van der Waals surface area contributed by atoms with E-state index in [-0.39, 0.29) is 111 Å². The van der Waals surface area contributed by atoms with Crippen molar-refractivity contribution in [1.82, 2.24) is 60.6 Å². The molecule has 36 nitrogen and oxygen atoms in total. The molecule has 1 aromatic carbocycles. The molecule has 93 heavy (non-hydrogen) atoms. The molecule has 504 valence electrons. The van der Waals surface area contributed by atoms with Gasteiger partial charge in [-0.2, -0.15) is 0 Å². The highest BCUT2D eigenvalue weighted by molar-refractivity contribution is 6.04. The molecule has 36 heteroatoms. The SMILES string of the molecule is Cc1cn([C@H]2C[C@H](OC(=O)CCC(=O)NCCNC(=O)c3cc(C(=O)NCCNC(=O)CCC(=O)O[C@H]4C[C@H](n5cc(C)c(=O)[nH]c5=O)O[C@@H]4CO)cc(C(=O)NCCNC(=O)CCC(=O)O[C@H]4C[C@H](n5cc(C)c(=O)[nH]c5=O)O[C@@H]4CO)c3)[C@@H](CO)O2)c(=O)[nH]c1=O. The summed E-state index contributed by atoms with van der Waals surface area (Å²) in [6, 6.07) is 3.49. The van der Waals surface area contributed by atoms with Crippen LogP contribution in [-0.4, -0.2) is 193 Å². The zero-order valence-corrected chi connectivity index (χ0v) is 50.6. The minimum atomic E-state index is -1.01. The lowest BCUT2D eigenvalue weighted by molar-refractivity contribution is -0.154. The van der Waals surface area contributed by atoms with Gasteiger partial charge in [-0.1, -0.05) is 0 Å². The van der Waals surface area contributed by atoms with Gasteiger partial charge in [-0.15, -0.1) is 0 Å². The van der Waals surface area contributed by atoms with Gasteiger partial charge in [0.15, 0.2) is 0 Å². The third-order valence-corrected chi connectivity index (χ3v) is 14.9. The van der Waals surface area contributed by atoms with Crippen LogP contribution in [0, 0.1) is 20.8 Å². The Morgan fingerprint density at radius 2 is 0.667 bits per heavy atom. The molecule has 0 bridgehead atoms. The average molecular weight is 1310 g/mol. The normalized spacial score (nSPS) is 20.6. The average Bonchev–Trinajstić information content (AvgIpc) is 1.77. The summed E-state index contributed by atoms with van der Waals surface area (Å²) < 4.78 is 36.7. The number of hydrogen-bond donors (Lipinski definition) is 12. The summed E-state index contributed by atoms with van der Waals surface area (Å²) in [6.45, 7) is 1.67. The molecule has 0 saturated carbocycles. The number of H-pyrrole nitrogens is 3. The highest BCUT2D eigenvalue weighted by Gasteiger charge is 2.42. The van der Waals surface area contributed by atoms with Crippen LogP contribution in [0.3, 0.4) is 0 Å². The number of nitrogens with one attached hydrogen (secondary N) is 9. The number of aromatic amines is 3. The van der Waals surface area contributed by atoms with E-state index in [1.54, 1.807) is 0 Å². The van der Waals surface area contributed by atoms with Gasteiger partial charge in [0.1, 0.15) is 55.3 Å². The molecule has 0 aliphatic carbocycles. The van der Waals surface area contributed by atoms with Gasteiger partial charge in [0, 0.05) is 130 Å². The highest BCUT2D eigenvalue weighted by Crippen LogP contribution is 2.32. The summed E-state index contributed by atoms with van der Waals surface area (Å²) in [5, 5.41) is 44.8. The third-order valence-electron chi connectivity index (χ3n) is 14.9. The van der Waals surface area contributed by atoms with Crippen molar-refractivity contribution in [3.8, 4) is 0 Å². The number of benzene rings is 1. The van der Waals surface area contributed by atoms with Gasteiger partial charge < -0.3 is 75.6 Å². The van der Waals surface area contributed by atoms with Crippen molar-refractivity contribution in [2.45, 2.75) is 134 Å². The van der Waals surface area contributed by atoms with Crippen molar-refractivity contribution in [3.05, 3.63) is 133 Å². The number of ether oxygens (including phenoxy) is 6.